The van der Waals surface area contributed by atoms with Crippen LogP contribution in [0.2, 0.25) is 0 Å². The number of hydrogen-bond donors (Lipinski definition) is 0. The summed E-state index contributed by atoms with van der Waals surface area (Å²) in [5, 5.41) is 0. The minimum absolute atomic E-state index is 0.0434. The van der Waals surface area contributed by atoms with Crippen LogP contribution in [0.15, 0.2) is 23.4 Å². The molecule has 0 unspecified atom stereocenters. The fourth-order valence-corrected chi connectivity index (χ4v) is 1.34. The molecule has 0 saturated heterocycles. The van der Waals surface area contributed by atoms with Crippen molar-refractivity contribution in [1.29, 1.82) is 0 Å². The molecule has 0 aromatic carbocycles. The highest BCUT2D eigenvalue weighted by molar-refractivity contribution is 4.82. The van der Waals surface area contributed by atoms with E-state index >= 15 is 0 Å². The van der Waals surface area contributed by atoms with Crippen molar-refractivity contribution in [2.24, 2.45) is 5.92 Å². The van der Waals surface area contributed by atoms with Gasteiger partial charge in [0.1, 0.15) is 0 Å². The minimum atomic E-state index is 0.0434. The summed E-state index contributed by atoms with van der Waals surface area (Å²) in [7, 11) is 0. The normalized spacial score (nSPS) is 10.7. The van der Waals surface area contributed by atoms with Crippen molar-refractivity contribution in [3.05, 3.63) is 28.9 Å². The van der Waals surface area contributed by atoms with Crippen LogP contribution in [0.1, 0.15) is 26.7 Å². The molecule has 0 N–H and O–H groups in total. The van der Waals surface area contributed by atoms with Crippen LogP contribution < -0.4 is 5.56 Å². The Morgan fingerprint density at radius 1 is 1.46 bits per heavy atom. The largest absolute Gasteiger partial charge is 0.299 e. The van der Waals surface area contributed by atoms with E-state index in [0.29, 0.717) is 5.92 Å². The molecule has 0 aliphatic rings. The monoisotopic (exact) mass is 180 g/mol. The van der Waals surface area contributed by atoms with Crippen molar-refractivity contribution >= 4 is 0 Å². The van der Waals surface area contributed by atoms with E-state index in [1.807, 2.05) is 0 Å². The molecule has 0 radical (unpaired) electrons. The maximum absolute atomic E-state index is 11.3. The summed E-state index contributed by atoms with van der Waals surface area (Å²) in [5.74, 6) is 0.585. The maximum Gasteiger partial charge on any atom is 0.253 e. The Bertz CT molecular complexity index is 302. The Labute approximate surface area is 78.4 Å². The first-order chi connectivity index (χ1) is 6.27. The lowest BCUT2D eigenvalue weighted by molar-refractivity contribution is 0.409. The lowest BCUT2D eigenvalue weighted by atomic mass is 10.0. The van der Waals surface area contributed by atoms with Crippen LogP contribution in [-0.4, -0.2) is 9.55 Å². The zero-order chi connectivity index (χ0) is 9.68. The summed E-state index contributed by atoms with van der Waals surface area (Å²) in [6, 6.07) is 1.50. The molecule has 0 bridgehead atoms. The fourth-order valence-electron chi connectivity index (χ4n) is 1.34. The lowest BCUT2D eigenvalue weighted by Gasteiger charge is -2.12. The van der Waals surface area contributed by atoms with Crippen LogP contribution in [-0.2, 0) is 6.54 Å². The first kappa shape index (κ1) is 9.96. The average molecular weight is 180 g/mol. The van der Waals surface area contributed by atoms with Crippen LogP contribution in [0.4, 0.5) is 0 Å². The molecule has 13 heavy (non-hydrogen) atoms. The van der Waals surface area contributed by atoms with E-state index in [0.717, 1.165) is 19.4 Å². The van der Waals surface area contributed by atoms with Gasteiger partial charge >= 0.3 is 0 Å². The second kappa shape index (κ2) is 4.80. The van der Waals surface area contributed by atoms with E-state index in [1.165, 1.54) is 12.3 Å². The minimum Gasteiger partial charge on any atom is -0.299 e. The molecule has 0 aliphatic carbocycles. The first-order valence-electron chi connectivity index (χ1n) is 4.78. The highest BCUT2D eigenvalue weighted by Gasteiger charge is 2.04. The van der Waals surface area contributed by atoms with Gasteiger partial charge in [0.15, 0.2) is 0 Å². The molecule has 72 valence electrons. The van der Waals surface area contributed by atoms with Gasteiger partial charge in [-0.25, -0.2) is 4.98 Å². The van der Waals surface area contributed by atoms with Gasteiger partial charge in [0, 0.05) is 18.8 Å². The van der Waals surface area contributed by atoms with Crippen molar-refractivity contribution in [2.45, 2.75) is 33.2 Å². The molecule has 0 fully saturated rings. The van der Waals surface area contributed by atoms with Crippen LogP contribution >= 0.6 is 0 Å². The molecule has 1 rings (SSSR count). The molecule has 0 spiro atoms. The Hall–Kier alpha value is -1.12. The molecule has 1 heterocycles. The molecule has 0 amide bonds. The Balaban J connectivity index is 2.73. The Kier molecular flexibility index (Phi) is 3.68. The zero-order valence-electron chi connectivity index (χ0n) is 8.23. The van der Waals surface area contributed by atoms with Crippen LogP contribution in [0.3, 0.4) is 0 Å². The highest BCUT2D eigenvalue weighted by Crippen LogP contribution is 2.08. The van der Waals surface area contributed by atoms with Crippen molar-refractivity contribution in [2.75, 3.05) is 0 Å². The molecule has 0 saturated carbocycles. The molecular weight excluding hydrogens is 164 g/mol. The van der Waals surface area contributed by atoms with Crippen molar-refractivity contribution < 1.29 is 0 Å². The summed E-state index contributed by atoms with van der Waals surface area (Å²) in [6.45, 7) is 5.09. The number of aromatic nitrogens is 2. The summed E-state index contributed by atoms with van der Waals surface area (Å²) in [4.78, 5) is 15.2. The van der Waals surface area contributed by atoms with Gasteiger partial charge < -0.3 is 0 Å². The molecule has 1 aromatic heterocycles. The molecule has 3 heteroatoms. The van der Waals surface area contributed by atoms with E-state index in [4.69, 9.17) is 0 Å². The second-order valence-electron chi connectivity index (χ2n) is 3.25. The maximum atomic E-state index is 11.3. The van der Waals surface area contributed by atoms with E-state index < -0.39 is 0 Å². The molecule has 0 atom stereocenters. The van der Waals surface area contributed by atoms with Gasteiger partial charge in [-0.1, -0.05) is 26.7 Å². The van der Waals surface area contributed by atoms with Crippen molar-refractivity contribution in [1.82, 2.24) is 9.55 Å². The van der Waals surface area contributed by atoms with Gasteiger partial charge in [-0.3, -0.25) is 9.36 Å². The Morgan fingerprint density at radius 3 is 2.69 bits per heavy atom. The average Bonchev–Trinajstić information content (AvgIpc) is 2.17. The van der Waals surface area contributed by atoms with Gasteiger partial charge in [0.2, 0.25) is 0 Å². The highest BCUT2D eigenvalue weighted by atomic mass is 16.1. The third-order valence-electron chi connectivity index (χ3n) is 2.40. The number of rotatable bonds is 4. The van der Waals surface area contributed by atoms with Crippen LogP contribution in [0.25, 0.3) is 0 Å². The predicted octanol–water partition coefficient (Wildman–Crippen LogP) is 1.68. The van der Waals surface area contributed by atoms with Gasteiger partial charge in [-0.2, -0.15) is 0 Å². The topological polar surface area (TPSA) is 34.9 Å². The van der Waals surface area contributed by atoms with E-state index in [-0.39, 0.29) is 5.56 Å². The van der Waals surface area contributed by atoms with E-state index in [1.54, 1.807) is 10.9 Å². The quantitative estimate of drug-likeness (QED) is 0.706. The SMILES string of the molecule is CCC(CC)Cn1cnccc1=O. The molecule has 1 aromatic rings. The predicted molar refractivity (Wildman–Crippen MR) is 52.6 cm³/mol. The van der Waals surface area contributed by atoms with Crippen LogP contribution in [0.5, 0.6) is 0 Å². The zero-order valence-corrected chi connectivity index (χ0v) is 8.23. The van der Waals surface area contributed by atoms with E-state index in [2.05, 4.69) is 18.8 Å². The third-order valence-corrected chi connectivity index (χ3v) is 2.40. The molecule has 3 nitrogen and oxygen atoms in total. The first-order valence-corrected chi connectivity index (χ1v) is 4.78. The summed E-state index contributed by atoms with van der Waals surface area (Å²) in [5.41, 5.74) is 0.0434. The van der Waals surface area contributed by atoms with Crippen molar-refractivity contribution in [3.8, 4) is 0 Å². The third kappa shape index (κ3) is 2.68. The Morgan fingerprint density at radius 2 is 2.15 bits per heavy atom. The summed E-state index contributed by atoms with van der Waals surface area (Å²) in [6.07, 6.45) is 5.36. The lowest BCUT2D eigenvalue weighted by Crippen LogP contribution is -2.22. The van der Waals surface area contributed by atoms with Crippen molar-refractivity contribution in [3.63, 3.8) is 0 Å². The molecule has 0 aliphatic heterocycles. The standard InChI is InChI=1S/C10H16N2O/c1-3-9(4-2)7-12-8-11-6-5-10(12)13/h5-6,8-9H,3-4,7H2,1-2H3. The van der Waals surface area contributed by atoms with Gasteiger partial charge in [-0.05, 0) is 5.92 Å². The van der Waals surface area contributed by atoms with Gasteiger partial charge in [0.25, 0.3) is 5.56 Å². The number of hydrogen-bond acceptors (Lipinski definition) is 2. The fraction of sp³-hybridized carbons (Fsp3) is 0.600. The second-order valence-corrected chi connectivity index (χ2v) is 3.25. The molecular formula is C10H16N2O. The van der Waals surface area contributed by atoms with E-state index in [9.17, 15) is 4.79 Å². The number of nitrogens with zero attached hydrogens (tertiary/aromatic N) is 2. The smallest absolute Gasteiger partial charge is 0.253 e. The summed E-state index contributed by atoms with van der Waals surface area (Å²) >= 11 is 0. The van der Waals surface area contributed by atoms with Crippen LogP contribution in [0, 0.1) is 5.92 Å². The summed E-state index contributed by atoms with van der Waals surface area (Å²) < 4.78 is 1.68. The van der Waals surface area contributed by atoms with Gasteiger partial charge in [0.05, 0.1) is 6.33 Å². The van der Waals surface area contributed by atoms with Gasteiger partial charge in [-0.15, -0.1) is 0 Å².